The van der Waals surface area contributed by atoms with Crippen LogP contribution >= 0.6 is 12.6 Å². The zero-order chi connectivity index (χ0) is 9.97. The Kier molecular flexibility index (Phi) is 2.41. The molecule has 5 heteroatoms. The summed E-state index contributed by atoms with van der Waals surface area (Å²) >= 11 is 3.62. The predicted octanol–water partition coefficient (Wildman–Crippen LogP) is 1.70. The zero-order valence-corrected chi connectivity index (χ0v) is 8.21. The number of H-pyrrole nitrogens is 1. The number of imidazole rings is 1. The van der Waals surface area contributed by atoms with Crippen molar-refractivity contribution in [2.24, 2.45) is 0 Å². The highest BCUT2D eigenvalue weighted by molar-refractivity contribution is 7.96. The average molecular weight is 207 g/mol. The number of carbonyl (C=O) groups is 1. The topological polar surface area (TPSA) is 57.8 Å². The molecule has 14 heavy (non-hydrogen) atoms. The van der Waals surface area contributed by atoms with E-state index in [4.69, 9.17) is 0 Å². The van der Waals surface area contributed by atoms with E-state index >= 15 is 0 Å². The summed E-state index contributed by atoms with van der Waals surface area (Å²) in [5.74, 6) is 0. The predicted molar refractivity (Wildman–Crippen MR) is 57.3 cm³/mol. The van der Waals surface area contributed by atoms with Crippen molar-refractivity contribution in [3.8, 4) is 0 Å². The standard InChI is InChI=1S/C9H9N3OS/c13-9(14)10-4-6-1-2-7-8(3-6)12-5-11-7/h1-3,5H,4H2,(H,11,12)(H2,10,13,14). The Labute approximate surface area is 86.1 Å². The van der Waals surface area contributed by atoms with Gasteiger partial charge in [0.05, 0.1) is 17.4 Å². The second kappa shape index (κ2) is 3.71. The Bertz CT molecular complexity index is 466. The molecular weight excluding hydrogens is 198 g/mol. The Hall–Kier alpha value is -1.49. The average Bonchev–Trinajstić information content (AvgIpc) is 2.61. The van der Waals surface area contributed by atoms with Gasteiger partial charge in [-0.3, -0.25) is 4.79 Å². The smallest absolute Gasteiger partial charge is 0.276 e. The molecule has 1 heterocycles. The van der Waals surface area contributed by atoms with E-state index in [9.17, 15) is 4.79 Å². The Morgan fingerprint density at radius 1 is 1.57 bits per heavy atom. The molecule has 0 fully saturated rings. The molecule has 0 saturated carbocycles. The van der Waals surface area contributed by atoms with Gasteiger partial charge in [-0.25, -0.2) is 4.98 Å². The Balaban J connectivity index is 2.21. The summed E-state index contributed by atoms with van der Waals surface area (Å²) < 4.78 is 0. The van der Waals surface area contributed by atoms with E-state index in [1.54, 1.807) is 6.33 Å². The summed E-state index contributed by atoms with van der Waals surface area (Å²) in [7, 11) is 0. The lowest BCUT2D eigenvalue weighted by Gasteiger charge is -2.01. The molecule has 0 unspecified atom stereocenters. The van der Waals surface area contributed by atoms with Crippen molar-refractivity contribution in [2.75, 3.05) is 0 Å². The van der Waals surface area contributed by atoms with Gasteiger partial charge in [0.25, 0.3) is 5.24 Å². The van der Waals surface area contributed by atoms with Crippen LogP contribution in [-0.4, -0.2) is 15.2 Å². The van der Waals surface area contributed by atoms with Crippen molar-refractivity contribution in [1.82, 2.24) is 15.3 Å². The molecule has 0 bridgehead atoms. The molecule has 1 aromatic heterocycles. The number of benzene rings is 1. The van der Waals surface area contributed by atoms with Crippen LogP contribution in [0.2, 0.25) is 0 Å². The Morgan fingerprint density at radius 3 is 3.21 bits per heavy atom. The number of rotatable bonds is 2. The van der Waals surface area contributed by atoms with Crippen LogP contribution in [0.15, 0.2) is 24.5 Å². The quantitative estimate of drug-likeness (QED) is 0.656. The summed E-state index contributed by atoms with van der Waals surface area (Å²) in [5, 5.41) is 2.29. The van der Waals surface area contributed by atoms with E-state index < -0.39 is 0 Å². The third kappa shape index (κ3) is 1.88. The van der Waals surface area contributed by atoms with Crippen LogP contribution < -0.4 is 5.32 Å². The van der Waals surface area contributed by atoms with Crippen LogP contribution in [-0.2, 0) is 6.54 Å². The van der Waals surface area contributed by atoms with Gasteiger partial charge in [0.2, 0.25) is 0 Å². The fourth-order valence-electron chi connectivity index (χ4n) is 1.27. The maximum atomic E-state index is 10.6. The van der Waals surface area contributed by atoms with Gasteiger partial charge in [0.15, 0.2) is 0 Å². The maximum absolute atomic E-state index is 10.6. The summed E-state index contributed by atoms with van der Waals surface area (Å²) in [5.41, 5.74) is 2.91. The summed E-state index contributed by atoms with van der Waals surface area (Å²) in [6.07, 6.45) is 1.64. The molecule has 0 atom stereocenters. The second-order valence-electron chi connectivity index (χ2n) is 2.91. The molecule has 0 saturated heterocycles. The van der Waals surface area contributed by atoms with Crippen LogP contribution in [0.5, 0.6) is 0 Å². The highest BCUT2D eigenvalue weighted by Crippen LogP contribution is 2.11. The third-order valence-electron chi connectivity index (χ3n) is 1.93. The molecule has 4 nitrogen and oxygen atoms in total. The first-order chi connectivity index (χ1) is 6.75. The fraction of sp³-hybridized carbons (Fsp3) is 0.111. The van der Waals surface area contributed by atoms with Crippen LogP contribution in [0.1, 0.15) is 5.56 Å². The lowest BCUT2D eigenvalue weighted by molar-refractivity contribution is 0.260. The molecule has 72 valence electrons. The van der Waals surface area contributed by atoms with E-state index in [2.05, 4.69) is 27.9 Å². The molecule has 1 aromatic carbocycles. The van der Waals surface area contributed by atoms with E-state index in [-0.39, 0.29) is 5.24 Å². The lowest BCUT2D eigenvalue weighted by Crippen LogP contribution is -2.15. The number of thiol groups is 1. The van der Waals surface area contributed by atoms with Crippen molar-refractivity contribution in [1.29, 1.82) is 0 Å². The minimum atomic E-state index is -0.324. The molecule has 0 radical (unpaired) electrons. The zero-order valence-electron chi connectivity index (χ0n) is 7.32. The molecule has 2 rings (SSSR count). The summed E-state index contributed by atoms with van der Waals surface area (Å²) in [6.45, 7) is 0.483. The first-order valence-corrected chi connectivity index (χ1v) is 4.59. The minimum Gasteiger partial charge on any atom is -0.345 e. The normalized spacial score (nSPS) is 10.4. The molecular formula is C9H9N3OS. The van der Waals surface area contributed by atoms with Gasteiger partial charge in [0.1, 0.15) is 0 Å². The van der Waals surface area contributed by atoms with Gasteiger partial charge < -0.3 is 10.3 Å². The van der Waals surface area contributed by atoms with Gasteiger partial charge in [-0.2, -0.15) is 0 Å². The SMILES string of the molecule is O=C(S)NCc1ccc2nc[nH]c2c1. The van der Waals surface area contributed by atoms with Crippen molar-refractivity contribution < 1.29 is 4.79 Å². The third-order valence-corrected chi connectivity index (χ3v) is 2.09. The molecule has 0 aliphatic carbocycles. The van der Waals surface area contributed by atoms with Gasteiger partial charge in [-0.15, -0.1) is 0 Å². The van der Waals surface area contributed by atoms with Gasteiger partial charge in [0, 0.05) is 6.54 Å². The van der Waals surface area contributed by atoms with E-state index in [1.807, 2.05) is 18.2 Å². The van der Waals surface area contributed by atoms with Crippen molar-refractivity contribution in [2.45, 2.75) is 6.54 Å². The first-order valence-electron chi connectivity index (χ1n) is 4.14. The molecule has 0 spiro atoms. The molecule has 2 N–H and O–H groups in total. The Morgan fingerprint density at radius 2 is 2.43 bits per heavy atom. The van der Waals surface area contributed by atoms with Gasteiger partial charge in [-0.1, -0.05) is 18.7 Å². The number of fused-ring (bicyclic) bond motifs is 1. The van der Waals surface area contributed by atoms with Crippen LogP contribution in [0.4, 0.5) is 4.79 Å². The van der Waals surface area contributed by atoms with Crippen LogP contribution in [0, 0.1) is 0 Å². The lowest BCUT2D eigenvalue weighted by atomic mass is 10.2. The molecule has 1 amide bonds. The fourth-order valence-corrected chi connectivity index (χ4v) is 1.35. The van der Waals surface area contributed by atoms with Crippen molar-refractivity contribution in [3.63, 3.8) is 0 Å². The molecule has 2 aromatic rings. The molecule has 0 aliphatic heterocycles. The van der Waals surface area contributed by atoms with Crippen LogP contribution in [0.25, 0.3) is 11.0 Å². The largest absolute Gasteiger partial charge is 0.345 e. The van der Waals surface area contributed by atoms with Crippen LogP contribution in [0.3, 0.4) is 0 Å². The van der Waals surface area contributed by atoms with Gasteiger partial charge in [-0.05, 0) is 17.7 Å². The number of aromatic nitrogens is 2. The second-order valence-corrected chi connectivity index (χ2v) is 3.32. The highest BCUT2D eigenvalue weighted by atomic mass is 32.1. The minimum absolute atomic E-state index is 0.324. The number of hydrogen-bond donors (Lipinski definition) is 3. The first kappa shape index (κ1) is 9.08. The number of carbonyl (C=O) groups excluding carboxylic acids is 1. The highest BCUT2D eigenvalue weighted by Gasteiger charge is 1.98. The number of aromatic amines is 1. The molecule has 0 aliphatic rings. The number of amides is 1. The number of nitrogens with zero attached hydrogens (tertiary/aromatic N) is 1. The van der Waals surface area contributed by atoms with Crippen molar-refractivity contribution >= 4 is 28.9 Å². The monoisotopic (exact) mass is 207 g/mol. The maximum Gasteiger partial charge on any atom is 0.276 e. The number of nitrogens with one attached hydrogen (secondary N) is 2. The van der Waals surface area contributed by atoms with Crippen molar-refractivity contribution in [3.05, 3.63) is 30.1 Å². The summed E-state index contributed by atoms with van der Waals surface area (Å²) in [6, 6.07) is 5.78. The van der Waals surface area contributed by atoms with E-state index in [0.717, 1.165) is 16.6 Å². The van der Waals surface area contributed by atoms with E-state index in [1.165, 1.54) is 0 Å². The summed E-state index contributed by atoms with van der Waals surface area (Å²) in [4.78, 5) is 17.7. The van der Waals surface area contributed by atoms with E-state index in [0.29, 0.717) is 6.54 Å². The van der Waals surface area contributed by atoms with Gasteiger partial charge >= 0.3 is 0 Å². The number of hydrogen-bond acceptors (Lipinski definition) is 2.